The molecule has 2 fully saturated rings. The van der Waals surface area contributed by atoms with Crippen molar-refractivity contribution in [3.8, 4) is 0 Å². The molecule has 5 atom stereocenters. The highest BCUT2D eigenvalue weighted by Gasteiger charge is 2.58. The molecule has 2 radical (unpaired) electrons. The molecule has 0 aromatic carbocycles. The lowest BCUT2D eigenvalue weighted by Crippen LogP contribution is -2.41. The Morgan fingerprint density at radius 1 is 1.58 bits per heavy atom. The van der Waals surface area contributed by atoms with Crippen LogP contribution in [0.4, 0.5) is 5.82 Å². The van der Waals surface area contributed by atoms with Crippen molar-refractivity contribution >= 4 is 32.4 Å². The first-order valence-electron chi connectivity index (χ1n) is 7.03. The van der Waals surface area contributed by atoms with Gasteiger partial charge in [0, 0.05) is 7.11 Å². The normalized spacial score (nSPS) is 36.1. The molecular formula is C11H14BN5O6P+. The van der Waals surface area contributed by atoms with Crippen molar-refractivity contribution in [2.45, 2.75) is 24.5 Å². The summed E-state index contributed by atoms with van der Waals surface area (Å²) in [5, 5.41) is 0. The SMILES string of the molecule is [B][P+]1(O)OC[C@H]2O[C@@H](n3c(=O)[nH]c4c(N)ncnc43)C(OC)[C@@H]2O1. The van der Waals surface area contributed by atoms with E-state index in [4.69, 9.17) is 31.8 Å². The molecule has 4 N–H and O–H groups in total. The van der Waals surface area contributed by atoms with Gasteiger partial charge in [-0.05, 0) is 0 Å². The van der Waals surface area contributed by atoms with Crippen LogP contribution in [0.25, 0.3) is 11.2 Å². The lowest BCUT2D eigenvalue weighted by atomic mass is 10.1. The predicted octanol–water partition coefficient (Wildman–Crippen LogP) is -1.13. The second-order valence-corrected chi connectivity index (χ2v) is 7.05. The van der Waals surface area contributed by atoms with Crippen molar-refractivity contribution in [3.05, 3.63) is 16.8 Å². The van der Waals surface area contributed by atoms with E-state index in [-0.39, 0.29) is 18.1 Å². The molecule has 2 aliphatic rings. The first kappa shape index (κ1) is 15.9. The van der Waals surface area contributed by atoms with Crippen LogP contribution in [0.5, 0.6) is 0 Å². The van der Waals surface area contributed by atoms with Crippen LogP contribution in [0.1, 0.15) is 6.23 Å². The minimum Gasteiger partial charge on any atom is -0.382 e. The number of ether oxygens (including phenoxy) is 2. The van der Waals surface area contributed by atoms with E-state index in [2.05, 4.69) is 15.0 Å². The fourth-order valence-corrected chi connectivity index (χ4v) is 4.03. The van der Waals surface area contributed by atoms with Crippen molar-refractivity contribution in [3.63, 3.8) is 0 Å². The van der Waals surface area contributed by atoms with Crippen LogP contribution in [-0.2, 0) is 18.5 Å². The number of hydrogen-bond donors (Lipinski definition) is 3. The third-order valence-corrected chi connectivity index (χ3v) is 5.11. The van der Waals surface area contributed by atoms with Crippen LogP contribution < -0.4 is 11.4 Å². The number of methoxy groups -OCH3 is 1. The Bertz CT molecular complexity index is 842. The summed E-state index contributed by atoms with van der Waals surface area (Å²) >= 11 is 0. The van der Waals surface area contributed by atoms with Crippen LogP contribution in [0.15, 0.2) is 11.1 Å². The average Bonchev–Trinajstić information content (AvgIpc) is 3.03. The first-order valence-corrected chi connectivity index (χ1v) is 8.68. The molecule has 0 spiro atoms. The van der Waals surface area contributed by atoms with Gasteiger partial charge in [0.05, 0.1) is 0 Å². The molecule has 0 saturated carbocycles. The Labute approximate surface area is 137 Å². The van der Waals surface area contributed by atoms with Gasteiger partial charge in [-0.15, -0.1) is 0 Å². The minimum atomic E-state index is -3.43. The number of hydrogen-bond acceptors (Lipinski definition) is 9. The summed E-state index contributed by atoms with van der Waals surface area (Å²) in [6.45, 7) is 0.0238. The molecule has 2 aromatic rings. The molecule has 126 valence electrons. The molecule has 11 nitrogen and oxygen atoms in total. The third-order valence-electron chi connectivity index (χ3n) is 4.04. The molecule has 4 rings (SSSR count). The molecule has 0 aliphatic carbocycles. The van der Waals surface area contributed by atoms with Gasteiger partial charge in [0.25, 0.3) is 0 Å². The van der Waals surface area contributed by atoms with Crippen LogP contribution in [-0.4, -0.2) is 64.0 Å². The van der Waals surface area contributed by atoms with Crippen LogP contribution in [0.2, 0.25) is 0 Å². The van der Waals surface area contributed by atoms with Gasteiger partial charge in [0.15, 0.2) is 23.8 Å². The first-order chi connectivity index (χ1) is 11.4. The molecule has 0 bridgehead atoms. The molecule has 2 aliphatic heterocycles. The highest BCUT2D eigenvalue weighted by molar-refractivity contribution is 7.85. The zero-order chi connectivity index (χ0) is 17.1. The van der Waals surface area contributed by atoms with Gasteiger partial charge in [-0.2, -0.15) is 9.05 Å². The molecule has 2 saturated heterocycles. The van der Waals surface area contributed by atoms with Gasteiger partial charge in [-0.1, -0.05) is 0 Å². The Morgan fingerprint density at radius 3 is 3.12 bits per heavy atom. The monoisotopic (exact) mass is 354 g/mol. The number of anilines is 1. The number of nitrogens with one attached hydrogen (secondary N) is 1. The predicted molar refractivity (Wildman–Crippen MR) is 83.0 cm³/mol. The maximum Gasteiger partial charge on any atom is 0.488 e. The molecule has 4 heterocycles. The maximum absolute atomic E-state index is 12.4. The second-order valence-electron chi connectivity index (χ2n) is 5.45. The Balaban J connectivity index is 1.79. The van der Waals surface area contributed by atoms with Crippen molar-refractivity contribution < 1.29 is 23.4 Å². The molecule has 2 aromatic heterocycles. The Morgan fingerprint density at radius 2 is 2.38 bits per heavy atom. The van der Waals surface area contributed by atoms with Crippen LogP contribution in [0.3, 0.4) is 0 Å². The van der Waals surface area contributed by atoms with Gasteiger partial charge in [-0.25, -0.2) is 24.2 Å². The fourth-order valence-electron chi connectivity index (χ4n) is 3.00. The number of nitrogens with zero attached hydrogens (tertiary/aromatic N) is 3. The molecule has 2 unspecified atom stereocenters. The van der Waals surface area contributed by atoms with E-state index in [1.165, 1.54) is 18.0 Å². The topological polar surface area (TPSA) is 147 Å². The highest BCUT2D eigenvalue weighted by atomic mass is 31.2. The largest absolute Gasteiger partial charge is 0.488 e. The number of imidazole rings is 1. The van der Waals surface area contributed by atoms with E-state index in [1.54, 1.807) is 0 Å². The average molecular weight is 354 g/mol. The molecule has 0 amide bonds. The Hall–Kier alpha value is -1.56. The van der Waals surface area contributed by atoms with Gasteiger partial charge >= 0.3 is 21.1 Å². The third kappa shape index (κ3) is 2.34. The van der Waals surface area contributed by atoms with Gasteiger partial charge in [0.2, 0.25) is 0 Å². The maximum atomic E-state index is 12.4. The number of H-pyrrole nitrogens is 1. The minimum absolute atomic E-state index is 0.0238. The lowest BCUT2D eigenvalue weighted by Gasteiger charge is -2.29. The van der Waals surface area contributed by atoms with Gasteiger partial charge in [0.1, 0.15) is 30.7 Å². The fraction of sp³-hybridized carbons (Fsp3) is 0.545. The molecule has 13 heteroatoms. The number of nitrogens with two attached hydrogens (primary N) is 1. The highest BCUT2D eigenvalue weighted by Crippen LogP contribution is 2.58. The number of aromatic nitrogens is 4. The van der Waals surface area contributed by atoms with E-state index in [0.29, 0.717) is 5.52 Å². The molecular weight excluding hydrogens is 340 g/mol. The summed E-state index contributed by atoms with van der Waals surface area (Å²) in [6, 6.07) is 0. The van der Waals surface area contributed by atoms with Crippen molar-refractivity contribution in [2.24, 2.45) is 0 Å². The second kappa shape index (κ2) is 5.48. The summed E-state index contributed by atoms with van der Waals surface area (Å²) in [4.78, 5) is 32.7. The lowest BCUT2D eigenvalue weighted by molar-refractivity contribution is -0.0628. The van der Waals surface area contributed by atoms with Crippen molar-refractivity contribution in [2.75, 3.05) is 19.5 Å². The summed E-state index contributed by atoms with van der Waals surface area (Å²) in [7, 11) is 3.57. The van der Waals surface area contributed by atoms with E-state index >= 15 is 0 Å². The number of aromatic amines is 1. The van der Waals surface area contributed by atoms with E-state index < -0.39 is 38.1 Å². The molecule has 24 heavy (non-hydrogen) atoms. The Kier molecular flexibility index (Phi) is 3.64. The van der Waals surface area contributed by atoms with E-state index in [1.807, 2.05) is 0 Å². The number of nitrogen functional groups attached to an aromatic ring is 1. The van der Waals surface area contributed by atoms with Crippen LogP contribution >= 0.6 is 7.82 Å². The number of rotatable bonds is 2. The quantitative estimate of drug-likeness (QED) is 0.450. The van der Waals surface area contributed by atoms with Gasteiger partial charge in [-0.3, -0.25) is 0 Å². The van der Waals surface area contributed by atoms with E-state index in [0.717, 1.165) is 0 Å². The zero-order valence-electron chi connectivity index (χ0n) is 12.5. The van der Waals surface area contributed by atoms with Crippen molar-refractivity contribution in [1.82, 2.24) is 19.5 Å². The summed E-state index contributed by atoms with van der Waals surface area (Å²) < 4.78 is 23.0. The van der Waals surface area contributed by atoms with E-state index in [9.17, 15) is 9.69 Å². The van der Waals surface area contributed by atoms with Crippen LogP contribution in [0, 0.1) is 0 Å². The van der Waals surface area contributed by atoms with Crippen molar-refractivity contribution in [1.29, 1.82) is 0 Å². The number of fused-ring (bicyclic) bond motifs is 2. The van der Waals surface area contributed by atoms with Gasteiger partial charge < -0.3 is 20.2 Å². The standard InChI is InChI=1S/C11H14BN5O6P/c1-20-7-6-4(2-21-24(12,19)23-6)22-10(7)17-9-5(16-11(17)18)8(13)14-3-15-9/h3-4,6-7,10,19H,2H2,1H3,(H,16,18)(H2,13,14,15)/q+1/t4-,6-,7?,10-,24?/m1/s1. The summed E-state index contributed by atoms with van der Waals surface area (Å²) in [6.07, 6.45) is -1.56. The summed E-state index contributed by atoms with van der Waals surface area (Å²) in [5.74, 6) is 0.141. The summed E-state index contributed by atoms with van der Waals surface area (Å²) in [5.41, 5.74) is 5.85. The smallest absolute Gasteiger partial charge is 0.382 e. The zero-order valence-corrected chi connectivity index (χ0v) is 13.4.